The van der Waals surface area contributed by atoms with Crippen molar-refractivity contribution in [2.45, 2.75) is 13.8 Å². The Balaban J connectivity index is 1.85. The zero-order valence-corrected chi connectivity index (χ0v) is 15.5. The first-order valence-electron chi connectivity index (χ1n) is 8.80. The molecule has 3 rings (SSSR count). The lowest BCUT2D eigenvalue weighted by Crippen LogP contribution is -2.31. The van der Waals surface area contributed by atoms with Crippen LogP contribution < -0.4 is 9.47 Å². The molecule has 0 aliphatic heterocycles. The Labute approximate surface area is 162 Å². The molecule has 2 aromatic rings. The Morgan fingerprint density at radius 1 is 0.679 bits per heavy atom. The zero-order valence-electron chi connectivity index (χ0n) is 15.5. The number of aliphatic hydroxyl groups is 2. The lowest BCUT2D eigenvalue weighted by molar-refractivity contribution is -0.133. The number of benzene rings is 2. The van der Waals surface area contributed by atoms with E-state index in [2.05, 4.69) is 0 Å². The van der Waals surface area contributed by atoms with Crippen molar-refractivity contribution >= 4 is 11.9 Å². The van der Waals surface area contributed by atoms with Gasteiger partial charge in [0.15, 0.2) is 0 Å². The average Bonchev–Trinajstić information content (AvgIpc) is 2.68. The van der Waals surface area contributed by atoms with Crippen molar-refractivity contribution in [3.05, 3.63) is 83.3 Å². The van der Waals surface area contributed by atoms with Gasteiger partial charge >= 0.3 is 11.9 Å². The summed E-state index contributed by atoms with van der Waals surface area (Å²) in [4.78, 5) is 25.1. The molecule has 6 heteroatoms. The number of allylic oxidation sites excluding steroid dienone is 2. The summed E-state index contributed by atoms with van der Waals surface area (Å²) in [6, 6.07) is 16.8. The molecule has 2 atom stereocenters. The lowest BCUT2D eigenvalue weighted by Gasteiger charge is -2.27. The summed E-state index contributed by atoms with van der Waals surface area (Å²) in [5, 5.41) is 21.2. The van der Waals surface area contributed by atoms with Crippen molar-refractivity contribution in [2.75, 3.05) is 0 Å². The normalized spacial score (nSPS) is 19.4. The predicted octanol–water partition coefficient (Wildman–Crippen LogP) is 4.11. The molecule has 28 heavy (non-hydrogen) atoms. The number of para-hydroxylation sites is 2. The standard InChI is InChI=1S/C22H20O6/c1-13-17(21(25)27-15-9-5-3-6-10-15)20(24)14(2)18(19(13)23)22(26)28-16-11-7-4-8-12-16/h3-14,23-24H,1-2H3. The minimum Gasteiger partial charge on any atom is -0.511 e. The highest BCUT2D eigenvalue weighted by Crippen LogP contribution is 2.37. The van der Waals surface area contributed by atoms with Crippen molar-refractivity contribution in [1.29, 1.82) is 0 Å². The van der Waals surface area contributed by atoms with E-state index in [1.54, 1.807) is 60.7 Å². The Morgan fingerprint density at radius 2 is 1.00 bits per heavy atom. The molecule has 0 heterocycles. The van der Waals surface area contributed by atoms with Gasteiger partial charge in [0.25, 0.3) is 0 Å². The van der Waals surface area contributed by atoms with E-state index in [1.807, 2.05) is 0 Å². The summed E-state index contributed by atoms with van der Waals surface area (Å²) < 4.78 is 10.6. The highest BCUT2D eigenvalue weighted by molar-refractivity contribution is 5.97. The fourth-order valence-electron chi connectivity index (χ4n) is 3.05. The number of hydrogen-bond donors (Lipinski definition) is 2. The van der Waals surface area contributed by atoms with Crippen molar-refractivity contribution < 1.29 is 29.3 Å². The van der Waals surface area contributed by atoms with Gasteiger partial charge in [-0.3, -0.25) is 0 Å². The third kappa shape index (κ3) is 3.76. The summed E-state index contributed by atoms with van der Waals surface area (Å²) in [7, 11) is 0. The molecule has 0 saturated carbocycles. The number of carbonyl (C=O) groups excluding carboxylic acids is 2. The topological polar surface area (TPSA) is 93.1 Å². The average molecular weight is 380 g/mol. The van der Waals surface area contributed by atoms with Crippen LogP contribution in [0.2, 0.25) is 0 Å². The molecule has 1 aliphatic rings. The summed E-state index contributed by atoms with van der Waals surface area (Å²) >= 11 is 0. The van der Waals surface area contributed by atoms with E-state index in [1.165, 1.54) is 13.8 Å². The maximum atomic E-state index is 12.6. The number of aliphatic hydroxyl groups excluding tert-OH is 2. The maximum absolute atomic E-state index is 12.6. The molecule has 144 valence electrons. The monoisotopic (exact) mass is 380 g/mol. The van der Waals surface area contributed by atoms with Crippen LogP contribution in [0.4, 0.5) is 0 Å². The first-order valence-corrected chi connectivity index (χ1v) is 8.80. The van der Waals surface area contributed by atoms with Crippen molar-refractivity contribution in [1.82, 2.24) is 0 Å². The second-order valence-electron chi connectivity index (χ2n) is 6.45. The van der Waals surface area contributed by atoms with E-state index < -0.39 is 23.8 Å². The first kappa shape index (κ1) is 19.2. The van der Waals surface area contributed by atoms with Crippen LogP contribution in [0.3, 0.4) is 0 Å². The van der Waals surface area contributed by atoms with E-state index in [0.29, 0.717) is 11.5 Å². The molecule has 0 aromatic heterocycles. The molecular formula is C22H20O6. The Kier molecular flexibility index (Phi) is 5.49. The number of rotatable bonds is 4. The predicted molar refractivity (Wildman–Crippen MR) is 102 cm³/mol. The molecule has 2 N–H and O–H groups in total. The summed E-state index contributed by atoms with van der Waals surface area (Å²) in [6.07, 6.45) is 0. The van der Waals surface area contributed by atoms with Gasteiger partial charge in [-0.2, -0.15) is 0 Å². The van der Waals surface area contributed by atoms with Gasteiger partial charge in [0.1, 0.15) is 23.0 Å². The van der Waals surface area contributed by atoms with Gasteiger partial charge in [-0.25, -0.2) is 9.59 Å². The largest absolute Gasteiger partial charge is 0.511 e. The van der Waals surface area contributed by atoms with Gasteiger partial charge in [-0.1, -0.05) is 50.2 Å². The minimum absolute atomic E-state index is 0.0925. The van der Waals surface area contributed by atoms with E-state index in [4.69, 9.17) is 9.47 Å². The molecule has 0 bridgehead atoms. The molecule has 0 saturated heterocycles. The van der Waals surface area contributed by atoms with E-state index >= 15 is 0 Å². The molecular weight excluding hydrogens is 360 g/mol. The Morgan fingerprint density at radius 3 is 1.32 bits per heavy atom. The van der Waals surface area contributed by atoms with Crippen LogP contribution in [-0.2, 0) is 9.59 Å². The van der Waals surface area contributed by atoms with Crippen LogP contribution in [-0.4, -0.2) is 22.2 Å². The Bertz CT molecular complexity index is 864. The van der Waals surface area contributed by atoms with Crippen LogP contribution in [0.1, 0.15) is 13.8 Å². The van der Waals surface area contributed by atoms with Crippen LogP contribution in [0.5, 0.6) is 11.5 Å². The van der Waals surface area contributed by atoms with Crippen molar-refractivity contribution in [3.63, 3.8) is 0 Å². The number of esters is 2. The fraction of sp³-hybridized carbons (Fsp3) is 0.182. The molecule has 6 nitrogen and oxygen atoms in total. The summed E-state index contributed by atoms with van der Waals surface area (Å²) in [6.45, 7) is 3.02. The van der Waals surface area contributed by atoms with Crippen LogP contribution in [0.15, 0.2) is 83.3 Å². The van der Waals surface area contributed by atoms with E-state index in [-0.39, 0.29) is 22.7 Å². The smallest absolute Gasteiger partial charge is 0.343 e. The third-order valence-corrected chi connectivity index (χ3v) is 4.59. The van der Waals surface area contributed by atoms with Crippen molar-refractivity contribution in [3.8, 4) is 11.5 Å². The molecule has 0 amide bonds. The van der Waals surface area contributed by atoms with Gasteiger partial charge in [-0.05, 0) is 24.3 Å². The lowest BCUT2D eigenvalue weighted by atomic mass is 9.81. The SMILES string of the molecule is CC1C(O)=C(C(=O)Oc2ccccc2)C(C)C(O)=C1C(=O)Oc1ccccc1. The molecule has 0 spiro atoms. The number of hydrogen-bond acceptors (Lipinski definition) is 6. The highest BCUT2D eigenvalue weighted by atomic mass is 16.5. The van der Waals surface area contributed by atoms with Gasteiger partial charge in [0.2, 0.25) is 0 Å². The van der Waals surface area contributed by atoms with Gasteiger partial charge < -0.3 is 19.7 Å². The molecule has 2 aromatic carbocycles. The second-order valence-corrected chi connectivity index (χ2v) is 6.45. The van der Waals surface area contributed by atoms with Gasteiger partial charge in [0.05, 0.1) is 11.1 Å². The zero-order chi connectivity index (χ0) is 20.3. The molecule has 2 unspecified atom stereocenters. The van der Waals surface area contributed by atoms with Crippen LogP contribution >= 0.6 is 0 Å². The second kappa shape index (κ2) is 8.00. The van der Waals surface area contributed by atoms with Crippen LogP contribution in [0, 0.1) is 11.8 Å². The molecule has 0 radical (unpaired) electrons. The molecule has 0 fully saturated rings. The highest BCUT2D eigenvalue weighted by Gasteiger charge is 2.40. The van der Waals surface area contributed by atoms with E-state index in [9.17, 15) is 19.8 Å². The quantitative estimate of drug-likeness (QED) is 0.613. The summed E-state index contributed by atoms with van der Waals surface area (Å²) in [5.74, 6) is -3.46. The number of ether oxygens (including phenoxy) is 2. The first-order chi connectivity index (χ1) is 13.4. The van der Waals surface area contributed by atoms with E-state index in [0.717, 1.165) is 0 Å². The third-order valence-electron chi connectivity index (χ3n) is 4.59. The van der Waals surface area contributed by atoms with Crippen molar-refractivity contribution in [2.24, 2.45) is 11.8 Å². The number of carbonyl (C=O) groups is 2. The Hall–Kier alpha value is -3.54. The molecule has 1 aliphatic carbocycles. The summed E-state index contributed by atoms with van der Waals surface area (Å²) in [5.41, 5.74) is -0.185. The minimum atomic E-state index is -0.925. The fourth-order valence-corrected chi connectivity index (χ4v) is 3.05. The van der Waals surface area contributed by atoms with Gasteiger partial charge in [0, 0.05) is 11.8 Å². The maximum Gasteiger partial charge on any atom is 0.343 e. The van der Waals surface area contributed by atoms with Crippen LogP contribution in [0.25, 0.3) is 0 Å². The van der Waals surface area contributed by atoms with Gasteiger partial charge in [-0.15, -0.1) is 0 Å².